The second-order valence-electron chi connectivity index (χ2n) is 3.77. The van der Waals surface area contributed by atoms with Crippen LogP contribution < -0.4 is 5.73 Å². The van der Waals surface area contributed by atoms with E-state index in [9.17, 15) is 0 Å². The summed E-state index contributed by atoms with van der Waals surface area (Å²) in [5.41, 5.74) is 7.48. The van der Waals surface area contributed by atoms with Crippen molar-refractivity contribution < 1.29 is 4.74 Å². The van der Waals surface area contributed by atoms with Gasteiger partial charge in [0, 0.05) is 19.3 Å². The van der Waals surface area contributed by atoms with Gasteiger partial charge in [-0.15, -0.1) is 0 Å². The molecule has 0 saturated heterocycles. The molecule has 0 amide bonds. The third kappa shape index (κ3) is 3.85. The SMILES string of the molecule is CC(C)COCc1ccc(CN)cn1. The predicted octanol–water partition coefficient (Wildman–Crippen LogP) is 1.71. The molecule has 0 atom stereocenters. The monoisotopic (exact) mass is 194 g/mol. The molecule has 14 heavy (non-hydrogen) atoms. The molecule has 1 aromatic rings. The summed E-state index contributed by atoms with van der Waals surface area (Å²) in [6.45, 7) is 6.17. The van der Waals surface area contributed by atoms with E-state index in [0.29, 0.717) is 19.1 Å². The molecule has 1 aromatic heterocycles. The van der Waals surface area contributed by atoms with Gasteiger partial charge in [-0.2, -0.15) is 0 Å². The first kappa shape index (κ1) is 11.1. The van der Waals surface area contributed by atoms with Crippen LogP contribution in [0.1, 0.15) is 25.1 Å². The Hall–Kier alpha value is -0.930. The van der Waals surface area contributed by atoms with Crippen LogP contribution in [0.3, 0.4) is 0 Å². The van der Waals surface area contributed by atoms with E-state index in [4.69, 9.17) is 10.5 Å². The number of aromatic nitrogens is 1. The van der Waals surface area contributed by atoms with Gasteiger partial charge in [-0.1, -0.05) is 19.9 Å². The Labute approximate surface area is 85.3 Å². The van der Waals surface area contributed by atoms with Crippen LogP contribution in [0, 0.1) is 5.92 Å². The van der Waals surface area contributed by atoms with Crippen molar-refractivity contribution in [2.24, 2.45) is 11.7 Å². The maximum atomic E-state index is 5.47. The standard InChI is InChI=1S/C11H18N2O/c1-9(2)7-14-8-11-4-3-10(5-12)6-13-11/h3-4,6,9H,5,7-8,12H2,1-2H3. The lowest BCUT2D eigenvalue weighted by molar-refractivity contribution is 0.0948. The summed E-state index contributed by atoms with van der Waals surface area (Å²) in [4.78, 5) is 4.24. The second kappa shape index (κ2) is 5.73. The van der Waals surface area contributed by atoms with Crippen LogP contribution in [-0.4, -0.2) is 11.6 Å². The molecule has 78 valence electrons. The van der Waals surface area contributed by atoms with Crippen LogP contribution >= 0.6 is 0 Å². The van der Waals surface area contributed by atoms with Gasteiger partial charge in [0.1, 0.15) is 0 Å². The fraction of sp³-hybridized carbons (Fsp3) is 0.545. The first-order chi connectivity index (χ1) is 6.72. The molecule has 2 N–H and O–H groups in total. The average Bonchev–Trinajstić information content (AvgIpc) is 2.18. The highest BCUT2D eigenvalue weighted by Gasteiger charge is 1.97. The minimum atomic E-state index is 0.542. The van der Waals surface area contributed by atoms with Crippen molar-refractivity contribution in [3.8, 4) is 0 Å². The summed E-state index contributed by atoms with van der Waals surface area (Å²) in [7, 11) is 0. The number of hydrogen-bond donors (Lipinski definition) is 1. The van der Waals surface area contributed by atoms with E-state index in [2.05, 4.69) is 18.8 Å². The van der Waals surface area contributed by atoms with Gasteiger partial charge in [-0.25, -0.2) is 0 Å². The Morgan fingerprint density at radius 3 is 2.71 bits per heavy atom. The predicted molar refractivity (Wildman–Crippen MR) is 56.6 cm³/mol. The molecule has 3 nitrogen and oxygen atoms in total. The summed E-state index contributed by atoms with van der Waals surface area (Å²) in [6, 6.07) is 3.95. The van der Waals surface area contributed by atoms with Crippen LogP contribution in [0.15, 0.2) is 18.3 Å². The summed E-state index contributed by atoms with van der Waals surface area (Å²) in [5.74, 6) is 0.568. The molecule has 3 heteroatoms. The Balaban J connectivity index is 2.36. The van der Waals surface area contributed by atoms with Gasteiger partial charge in [0.25, 0.3) is 0 Å². The summed E-state index contributed by atoms with van der Waals surface area (Å²) >= 11 is 0. The fourth-order valence-corrected chi connectivity index (χ4v) is 1.06. The lowest BCUT2D eigenvalue weighted by Crippen LogP contribution is -2.04. The second-order valence-corrected chi connectivity index (χ2v) is 3.77. The van der Waals surface area contributed by atoms with E-state index in [0.717, 1.165) is 17.9 Å². The molecule has 0 aromatic carbocycles. The van der Waals surface area contributed by atoms with Crippen LogP contribution in [0.2, 0.25) is 0 Å². The molecule has 1 heterocycles. The van der Waals surface area contributed by atoms with E-state index in [1.807, 2.05) is 12.1 Å². The molecule has 0 saturated carbocycles. The highest BCUT2D eigenvalue weighted by molar-refractivity contribution is 5.13. The van der Waals surface area contributed by atoms with Gasteiger partial charge in [0.15, 0.2) is 0 Å². The van der Waals surface area contributed by atoms with Crippen LogP contribution in [0.4, 0.5) is 0 Å². The van der Waals surface area contributed by atoms with Crippen molar-refractivity contribution in [1.29, 1.82) is 0 Å². The molecular weight excluding hydrogens is 176 g/mol. The first-order valence-electron chi connectivity index (χ1n) is 4.94. The number of ether oxygens (including phenoxy) is 1. The average molecular weight is 194 g/mol. The van der Waals surface area contributed by atoms with Gasteiger partial charge >= 0.3 is 0 Å². The zero-order valence-electron chi connectivity index (χ0n) is 8.86. The molecule has 0 fully saturated rings. The smallest absolute Gasteiger partial charge is 0.0887 e. The van der Waals surface area contributed by atoms with Gasteiger partial charge in [0.05, 0.1) is 12.3 Å². The van der Waals surface area contributed by atoms with E-state index >= 15 is 0 Å². The minimum absolute atomic E-state index is 0.542. The Morgan fingerprint density at radius 1 is 1.43 bits per heavy atom. The number of nitrogens with zero attached hydrogens (tertiary/aromatic N) is 1. The zero-order valence-corrected chi connectivity index (χ0v) is 8.86. The molecule has 1 rings (SSSR count). The molecule has 0 aliphatic carbocycles. The molecule has 0 radical (unpaired) electrons. The lowest BCUT2D eigenvalue weighted by Gasteiger charge is -2.06. The summed E-state index contributed by atoms with van der Waals surface area (Å²) < 4.78 is 5.46. The first-order valence-corrected chi connectivity index (χ1v) is 4.94. The molecule has 0 aliphatic heterocycles. The van der Waals surface area contributed by atoms with E-state index < -0.39 is 0 Å². The van der Waals surface area contributed by atoms with Crippen LogP contribution in [-0.2, 0) is 17.9 Å². The van der Waals surface area contributed by atoms with Crippen molar-refractivity contribution in [3.63, 3.8) is 0 Å². The van der Waals surface area contributed by atoms with Crippen molar-refractivity contribution in [1.82, 2.24) is 4.98 Å². The van der Waals surface area contributed by atoms with Gasteiger partial charge in [-0.3, -0.25) is 4.98 Å². The Bertz CT molecular complexity index is 256. The molecular formula is C11H18N2O. The van der Waals surface area contributed by atoms with E-state index in [1.165, 1.54) is 0 Å². The van der Waals surface area contributed by atoms with Crippen molar-refractivity contribution in [3.05, 3.63) is 29.6 Å². The molecule has 0 unspecified atom stereocenters. The lowest BCUT2D eigenvalue weighted by atomic mass is 10.2. The topological polar surface area (TPSA) is 48.1 Å². The van der Waals surface area contributed by atoms with Gasteiger partial charge in [0.2, 0.25) is 0 Å². The maximum absolute atomic E-state index is 5.47. The minimum Gasteiger partial charge on any atom is -0.375 e. The quantitative estimate of drug-likeness (QED) is 0.776. The normalized spacial score (nSPS) is 10.9. The summed E-state index contributed by atoms with van der Waals surface area (Å²) in [6.07, 6.45) is 1.80. The number of nitrogens with two attached hydrogens (primary N) is 1. The molecule has 0 spiro atoms. The van der Waals surface area contributed by atoms with Crippen LogP contribution in [0.25, 0.3) is 0 Å². The highest BCUT2D eigenvalue weighted by Crippen LogP contribution is 2.02. The van der Waals surface area contributed by atoms with Gasteiger partial charge < -0.3 is 10.5 Å². The zero-order chi connectivity index (χ0) is 10.4. The van der Waals surface area contributed by atoms with E-state index in [-0.39, 0.29) is 0 Å². The molecule has 0 aliphatic rings. The van der Waals surface area contributed by atoms with Crippen molar-refractivity contribution in [2.45, 2.75) is 27.0 Å². The highest BCUT2D eigenvalue weighted by atomic mass is 16.5. The van der Waals surface area contributed by atoms with Crippen LogP contribution in [0.5, 0.6) is 0 Å². The van der Waals surface area contributed by atoms with E-state index in [1.54, 1.807) is 6.20 Å². The fourth-order valence-electron chi connectivity index (χ4n) is 1.06. The summed E-state index contributed by atoms with van der Waals surface area (Å²) in [5, 5.41) is 0. The Kier molecular flexibility index (Phi) is 4.56. The number of hydrogen-bond acceptors (Lipinski definition) is 3. The molecule has 0 bridgehead atoms. The van der Waals surface area contributed by atoms with Gasteiger partial charge in [-0.05, 0) is 17.5 Å². The largest absolute Gasteiger partial charge is 0.375 e. The third-order valence-corrected chi connectivity index (χ3v) is 1.82. The number of pyridine rings is 1. The third-order valence-electron chi connectivity index (χ3n) is 1.82. The van der Waals surface area contributed by atoms with Crippen molar-refractivity contribution >= 4 is 0 Å². The maximum Gasteiger partial charge on any atom is 0.0887 e. The number of rotatable bonds is 5. The van der Waals surface area contributed by atoms with Crippen molar-refractivity contribution in [2.75, 3.05) is 6.61 Å². The Morgan fingerprint density at radius 2 is 2.21 bits per heavy atom.